The molecule has 2 atom stereocenters. The highest BCUT2D eigenvalue weighted by Crippen LogP contribution is 2.51. The minimum Gasteiger partial charge on any atom is -0.396 e. The number of hydrogen-bond acceptors (Lipinski definition) is 1. The second-order valence-corrected chi connectivity index (χ2v) is 7.86. The molecule has 0 saturated heterocycles. The topological polar surface area (TPSA) is 20.2 Å². The molecule has 3 rings (SSSR count). The van der Waals surface area contributed by atoms with E-state index in [0.717, 1.165) is 0 Å². The van der Waals surface area contributed by atoms with Gasteiger partial charge in [0.05, 0.1) is 0 Å². The van der Waals surface area contributed by atoms with Crippen LogP contribution in [0.1, 0.15) is 69.6 Å². The van der Waals surface area contributed by atoms with Crippen molar-refractivity contribution in [2.45, 2.75) is 63.7 Å². The molecule has 1 aromatic rings. The molecule has 1 N–H and O–H groups in total. The molecule has 0 radical (unpaired) electrons. The largest absolute Gasteiger partial charge is 0.396 e. The first-order chi connectivity index (χ1) is 8.85. The summed E-state index contributed by atoms with van der Waals surface area (Å²) in [6.07, 6.45) is 3.71. The molecular formula is C18H26O. The first-order valence-corrected chi connectivity index (χ1v) is 7.61. The highest BCUT2D eigenvalue weighted by Gasteiger charge is 2.41. The lowest BCUT2D eigenvalue weighted by atomic mass is 9.63. The monoisotopic (exact) mass is 258 g/mol. The van der Waals surface area contributed by atoms with E-state index in [2.05, 4.69) is 45.9 Å². The van der Waals surface area contributed by atoms with Crippen molar-refractivity contribution in [1.82, 2.24) is 0 Å². The van der Waals surface area contributed by atoms with E-state index in [1.54, 1.807) is 5.56 Å². The van der Waals surface area contributed by atoms with Gasteiger partial charge in [-0.1, -0.05) is 45.9 Å². The van der Waals surface area contributed by atoms with E-state index in [4.69, 9.17) is 0 Å². The molecule has 0 spiro atoms. The minimum absolute atomic E-state index is 0.296. The molecule has 19 heavy (non-hydrogen) atoms. The van der Waals surface area contributed by atoms with Gasteiger partial charge in [-0.25, -0.2) is 0 Å². The zero-order valence-electron chi connectivity index (χ0n) is 12.7. The van der Waals surface area contributed by atoms with Gasteiger partial charge in [0.15, 0.2) is 0 Å². The third-order valence-corrected chi connectivity index (χ3v) is 5.46. The van der Waals surface area contributed by atoms with E-state index in [9.17, 15) is 5.11 Å². The minimum atomic E-state index is 0.296. The van der Waals surface area contributed by atoms with Gasteiger partial charge in [0.1, 0.15) is 0 Å². The summed E-state index contributed by atoms with van der Waals surface area (Å²) < 4.78 is 0. The SMILES string of the molecule is CC1(C)CCC(C)(C)c2cc([C@H]3CC3CO)ccc21. The Kier molecular flexibility index (Phi) is 2.83. The molecule has 0 aromatic heterocycles. The van der Waals surface area contributed by atoms with E-state index in [-0.39, 0.29) is 0 Å². The summed E-state index contributed by atoms with van der Waals surface area (Å²) >= 11 is 0. The van der Waals surface area contributed by atoms with Crippen molar-refractivity contribution in [3.8, 4) is 0 Å². The van der Waals surface area contributed by atoms with Crippen molar-refractivity contribution in [3.05, 3.63) is 34.9 Å². The summed E-state index contributed by atoms with van der Waals surface area (Å²) in [5, 5.41) is 9.26. The van der Waals surface area contributed by atoms with Crippen LogP contribution in [0.15, 0.2) is 18.2 Å². The quantitative estimate of drug-likeness (QED) is 0.845. The Morgan fingerprint density at radius 1 is 1.05 bits per heavy atom. The van der Waals surface area contributed by atoms with Crippen molar-refractivity contribution in [2.75, 3.05) is 6.61 Å². The van der Waals surface area contributed by atoms with Gasteiger partial charge in [0.2, 0.25) is 0 Å². The average molecular weight is 258 g/mol. The number of rotatable bonds is 2. The van der Waals surface area contributed by atoms with Crippen molar-refractivity contribution >= 4 is 0 Å². The summed E-state index contributed by atoms with van der Waals surface area (Å²) in [5.74, 6) is 1.12. The average Bonchev–Trinajstić information content (AvgIpc) is 3.14. The van der Waals surface area contributed by atoms with Crippen LogP contribution in [-0.2, 0) is 10.8 Å². The fraction of sp³-hybridized carbons (Fsp3) is 0.667. The second kappa shape index (κ2) is 4.09. The number of hydrogen-bond donors (Lipinski definition) is 1. The van der Waals surface area contributed by atoms with Gasteiger partial charge in [-0.05, 0) is 58.6 Å². The Balaban J connectivity index is 2.03. The Bertz CT molecular complexity index is 498. The van der Waals surface area contributed by atoms with E-state index >= 15 is 0 Å². The molecule has 0 bridgehead atoms. The van der Waals surface area contributed by atoms with Crippen molar-refractivity contribution in [3.63, 3.8) is 0 Å². The van der Waals surface area contributed by atoms with Crippen LogP contribution in [-0.4, -0.2) is 11.7 Å². The predicted molar refractivity (Wildman–Crippen MR) is 79.7 cm³/mol. The van der Waals surface area contributed by atoms with Crippen molar-refractivity contribution in [2.24, 2.45) is 5.92 Å². The fourth-order valence-electron chi connectivity index (χ4n) is 3.69. The molecule has 1 heteroatoms. The van der Waals surface area contributed by atoms with Gasteiger partial charge in [-0.15, -0.1) is 0 Å². The van der Waals surface area contributed by atoms with Crippen LogP contribution in [0.2, 0.25) is 0 Å². The third kappa shape index (κ3) is 2.12. The smallest absolute Gasteiger partial charge is 0.0465 e. The Labute approximate surface area is 117 Å². The lowest BCUT2D eigenvalue weighted by Gasteiger charge is -2.42. The maximum atomic E-state index is 9.26. The predicted octanol–water partition coefficient (Wildman–Crippen LogP) is 4.13. The van der Waals surface area contributed by atoms with Crippen LogP contribution in [0.25, 0.3) is 0 Å². The van der Waals surface area contributed by atoms with E-state index < -0.39 is 0 Å². The van der Waals surface area contributed by atoms with Crippen LogP contribution in [0.3, 0.4) is 0 Å². The summed E-state index contributed by atoms with van der Waals surface area (Å²) in [7, 11) is 0. The molecule has 1 aromatic carbocycles. The summed E-state index contributed by atoms with van der Waals surface area (Å²) in [5.41, 5.74) is 5.13. The maximum absolute atomic E-state index is 9.26. The molecule has 0 aliphatic heterocycles. The molecule has 1 fully saturated rings. The van der Waals surface area contributed by atoms with Crippen molar-refractivity contribution in [1.29, 1.82) is 0 Å². The summed E-state index contributed by atoms with van der Waals surface area (Å²) in [6, 6.07) is 7.11. The van der Waals surface area contributed by atoms with Crippen LogP contribution in [0, 0.1) is 5.92 Å². The highest BCUT2D eigenvalue weighted by molar-refractivity contribution is 5.45. The Hall–Kier alpha value is -0.820. The first kappa shape index (κ1) is 13.2. The highest BCUT2D eigenvalue weighted by atomic mass is 16.3. The standard InChI is InChI=1S/C18H26O/c1-17(2)7-8-18(3,4)16-10-12(5-6-15(16)17)14-9-13(14)11-19/h5-6,10,13-14,19H,7-9,11H2,1-4H3/t13?,14-/m1/s1. The van der Waals surface area contributed by atoms with Gasteiger partial charge in [0, 0.05) is 6.61 Å². The normalized spacial score (nSPS) is 30.8. The number of benzene rings is 1. The molecule has 104 valence electrons. The second-order valence-electron chi connectivity index (χ2n) is 7.86. The zero-order chi connectivity index (χ0) is 13.8. The zero-order valence-corrected chi connectivity index (χ0v) is 12.7. The van der Waals surface area contributed by atoms with Crippen LogP contribution in [0.5, 0.6) is 0 Å². The maximum Gasteiger partial charge on any atom is 0.0465 e. The van der Waals surface area contributed by atoms with Gasteiger partial charge in [-0.2, -0.15) is 0 Å². The molecule has 2 aliphatic carbocycles. The van der Waals surface area contributed by atoms with Gasteiger partial charge < -0.3 is 5.11 Å². The van der Waals surface area contributed by atoms with E-state index in [1.165, 1.54) is 30.4 Å². The molecule has 1 nitrogen and oxygen atoms in total. The van der Waals surface area contributed by atoms with Crippen molar-refractivity contribution < 1.29 is 5.11 Å². The van der Waals surface area contributed by atoms with Gasteiger partial charge >= 0.3 is 0 Å². The summed E-state index contributed by atoms with van der Waals surface area (Å²) in [6.45, 7) is 9.84. The van der Waals surface area contributed by atoms with Gasteiger partial charge in [-0.3, -0.25) is 0 Å². The van der Waals surface area contributed by atoms with E-state index in [0.29, 0.717) is 29.3 Å². The summed E-state index contributed by atoms with van der Waals surface area (Å²) in [4.78, 5) is 0. The van der Waals surface area contributed by atoms with Crippen LogP contribution in [0.4, 0.5) is 0 Å². The van der Waals surface area contributed by atoms with E-state index in [1.807, 2.05) is 0 Å². The molecule has 0 amide bonds. The Morgan fingerprint density at radius 2 is 1.68 bits per heavy atom. The molecular weight excluding hydrogens is 232 g/mol. The Morgan fingerprint density at radius 3 is 2.26 bits per heavy atom. The lowest BCUT2D eigenvalue weighted by molar-refractivity contribution is 0.274. The molecule has 2 aliphatic rings. The lowest BCUT2D eigenvalue weighted by Crippen LogP contribution is -2.33. The number of aliphatic hydroxyl groups excluding tert-OH is 1. The van der Waals surface area contributed by atoms with Gasteiger partial charge in [0.25, 0.3) is 0 Å². The molecule has 1 saturated carbocycles. The first-order valence-electron chi connectivity index (χ1n) is 7.61. The molecule has 1 unspecified atom stereocenters. The van der Waals surface area contributed by atoms with Crippen LogP contribution >= 0.6 is 0 Å². The third-order valence-electron chi connectivity index (χ3n) is 5.46. The fourth-order valence-corrected chi connectivity index (χ4v) is 3.69. The number of fused-ring (bicyclic) bond motifs is 1. The van der Waals surface area contributed by atoms with Crippen LogP contribution < -0.4 is 0 Å². The number of aliphatic hydroxyl groups is 1. The molecule has 0 heterocycles.